The number of carbonyl (C=O) groups is 1. The molecule has 1 saturated heterocycles. The molecule has 0 saturated carbocycles. The molecule has 1 aliphatic heterocycles. The lowest BCUT2D eigenvalue weighted by atomic mass is 10.0. The molecule has 1 heterocycles. The molecule has 3 nitrogen and oxygen atoms in total. The predicted molar refractivity (Wildman–Crippen MR) is 145 cm³/mol. The highest BCUT2D eigenvalue weighted by molar-refractivity contribution is 5.88. The molecule has 1 aliphatic rings. The number of piperazine rings is 1. The maximum atomic E-state index is 12.4. The van der Waals surface area contributed by atoms with Gasteiger partial charge in [0.25, 0.3) is 0 Å². The fourth-order valence-corrected chi connectivity index (χ4v) is 3.93. The molecule has 186 valence electrons. The Morgan fingerprint density at radius 1 is 0.606 bits per heavy atom. The fourth-order valence-electron chi connectivity index (χ4n) is 3.93. The summed E-state index contributed by atoms with van der Waals surface area (Å²) in [6.45, 7) is 16.8. The minimum atomic E-state index is 0.180. The van der Waals surface area contributed by atoms with Gasteiger partial charge in [0.15, 0.2) is 0 Å². The highest BCUT2D eigenvalue weighted by atomic mass is 16.2. The number of allylic oxidation sites excluding steroid dienone is 9. The highest BCUT2D eigenvalue weighted by Crippen LogP contribution is 2.15. The largest absolute Gasteiger partial charge is 0.337 e. The van der Waals surface area contributed by atoms with Gasteiger partial charge in [-0.1, -0.05) is 52.2 Å². The summed E-state index contributed by atoms with van der Waals surface area (Å²) >= 11 is 0. The Morgan fingerprint density at radius 2 is 1.00 bits per heavy atom. The molecule has 1 amide bonds. The summed E-state index contributed by atoms with van der Waals surface area (Å²) in [5.41, 5.74) is 7.05. The molecule has 0 unspecified atom stereocenters. The number of hydrogen-bond acceptors (Lipinski definition) is 2. The Bertz CT molecular complexity index is 739. The highest BCUT2D eigenvalue weighted by Gasteiger charge is 2.17. The van der Waals surface area contributed by atoms with Gasteiger partial charge in [0, 0.05) is 32.3 Å². The van der Waals surface area contributed by atoms with Gasteiger partial charge in [-0.15, -0.1) is 0 Å². The molecule has 0 atom stereocenters. The van der Waals surface area contributed by atoms with Crippen LogP contribution in [0.15, 0.2) is 58.2 Å². The van der Waals surface area contributed by atoms with E-state index in [0.29, 0.717) is 0 Å². The van der Waals surface area contributed by atoms with Crippen LogP contribution in [0.4, 0.5) is 0 Å². The molecular weight excluding hydrogens is 404 g/mol. The van der Waals surface area contributed by atoms with Crippen molar-refractivity contribution in [2.45, 2.75) is 92.9 Å². The van der Waals surface area contributed by atoms with E-state index in [0.717, 1.165) is 71.1 Å². The summed E-state index contributed by atoms with van der Waals surface area (Å²) in [6.07, 6.45) is 20.2. The molecule has 0 aromatic carbocycles. The van der Waals surface area contributed by atoms with E-state index in [2.05, 4.69) is 77.8 Å². The van der Waals surface area contributed by atoms with E-state index >= 15 is 0 Å². The molecule has 0 bridgehead atoms. The minimum Gasteiger partial charge on any atom is -0.337 e. The number of rotatable bonds is 13. The lowest BCUT2D eigenvalue weighted by Gasteiger charge is -2.31. The Kier molecular flexibility index (Phi) is 14.8. The summed E-state index contributed by atoms with van der Waals surface area (Å²) in [5, 5.41) is 0. The Labute approximate surface area is 205 Å². The van der Waals surface area contributed by atoms with E-state index in [9.17, 15) is 4.79 Å². The number of carbonyl (C=O) groups excluding carboxylic acids is 1. The summed E-state index contributed by atoms with van der Waals surface area (Å²) in [4.78, 5) is 16.7. The molecule has 0 aromatic rings. The van der Waals surface area contributed by atoms with Crippen molar-refractivity contribution in [2.24, 2.45) is 0 Å². The Hall–Kier alpha value is -1.87. The first-order chi connectivity index (χ1) is 15.7. The maximum absolute atomic E-state index is 12.4. The van der Waals surface area contributed by atoms with Gasteiger partial charge in [0.1, 0.15) is 0 Å². The van der Waals surface area contributed by atoms with Crippen molar-refractivity contribution < 1.29 is 4.79 Å². The van der Waals surface area contributed by atoms with Gasteiger partial charge >= 0.3 is 0 Å². The minimum absolute atomic E-state index is 0.180. The Balaban J connectivity index is 2.26. The molecule has 0 N–H and O–H groups in total. The lowest BCUT2D eigenvalue weighted by Crippen LogP contribution is -2.46. The molecule has 0 aliphatic carbocycles. The number of hydrogen-bond donors (Lipinski definition) is 0. The van der Waals surface area contributed by atoms with Crippen LogP contribution in [0.25, 0.3) is 0 Å². The lowest BCUT2D eigenvalue weighted by molar-refractivity contribution is -0.127. The van der Waals surface area contributed by atoms with Crippen LogP contribution >= 0.6 is 0 Å². The second kappa shape index (κ2) is 16.7. The van der Waals surface area contributed by atoms with Crippen LogP contribution in [0.5, 0.6) is 0 Å². The van der Waals surface area contributed by atoms with Crippen LogP contribution in [-0.4, -0.2) is 48.9 Å². The monoisotopic (exact) mass is 454 g/mol. The van der Waals surface area contributed by atoms with Crippen molar-refractivity contribution >= 4 is 5.91 Å². The maximum Gasteiger partial charge on any atom is 0.246 e. The van der Waals surface area contributed by atoms with Crippen molar-refractivity contribution in [3.05, 3.63) is 58.2 Å². The predicted octanol–water partition coefficient (Wildman–Crippen LogP) is 7.63. The van der Waals surface area contributed by atoms with Gasteiger partial charge in [-0.25, -0.2) is 0 Å². The average Bonchev–Trinajstić information content (AvgIpc) is 2.73. The van der Waals surface area contributed by atoms with Gasteiger partial charge < -0.3 is 9.80 Å². The molecule has 0 aromatic heterocycles. The molecule has 3 heteroatoms. The molecule has 0 spiro atoms. The van der Waals surface area contributed by atoms with Crippen molar-refractivity contribution in [1.82, 2.24) is 9.80 Å². The second-order valence-corrected chi connectivity index (χ2v) is 10.2. The SMILES string of the molecule is CC(C)=CCC/C(C)=C/CC/C(C)=C/CC/C(C)=C/CC/C(C)=C/C(=O)N1CCN(C)CC1. The molecule has 1 rings (SSSR count). The topological polar surface area (TPSA) is 23.6 Å². The van der Waals surface area contributed by atoms with Crippen molar-refractivity contribution in [3.8, 4) is 0 Å². The molecular formula is C30H50N2O. The summed E-state index contributed by atoms with van der Waals surface area (Å²) in [6, 6.07) is 0. The van der Waals surface area contributed by atoms with Crippen molar-refractivity contribution in [1.29, 1.82) is 0 Å². The average molecular weight is 455 g/mol. The van der Waals surface area contributed by atoms with Gasteiger partial charge in [-0.3, -0.25) is 4.79 Å². The van der Waals surface area contributed by atoms with E-state index in [4.69, 9.17) is 0 Å². The van der Waals surface area contributed by atoms with E-state index in [1.54, 1.807) is 0 Å². The zero-order chi connectivity index (χ0) is 24.6. The third-order valence-corrected chi connectivity index (χ3v) is 6.37. The Morgan fingerprint density at radius 3 is 1.42 bits per heavy atom. The van der Waals surface area contributed by atoms with Crippen LogP contribution in [0.1, 0.15) is 92.9 Å². The first kappa shape index (κ1) is 29.2. The number of amides is 1. The normalized spacial score (nSPS) is 16.9. The van der Waals surface area contributed by atoms with E-state index in [1.165, 1.54) is 34.3 Å². The van der Waals surface area contributed by atoms with Crippen LogP contribution in [-0.2, 0) is 4.79 Å². The van der Waals surface area contributed by atoms with Crippen molar-refractivity contribution in [3.63, 3.8) is 0 Å². The van der Waals surface area contributed by atoms with Crippen LogP contribution in [0.3, 0.4) is 0 Å². The number of likely N-dealkylation sites (N-methyl/N-ethyl adjacent to an activating group) is 1. The van der Waals surface area contributed by atoms with Gasteiger partial charge in [0.2, 0.25) is 5.91 Å². The summed E-state index contributed by atoms with van der Waals surface area (Å²) in [7, 11) is 2.11. The van der Waals surface area contributed by atoms with Gasteiger partial charge in [0.05, 0.1) is 0 Å². The quantitative estimate of drug-likeness (QED) is 0.211. The third-order valence-electron chi connectivity index (χ3n) is 6.37. The summed E-state index contributed by atoms with van der Waals surface area (Å²) < 4.78 is 0. The third kappa shape index (κ3) is 14.8. The second-order valence-electron chi connectivity index (χ2n) is 10.2. The standard InChI is InChI=1S/C30H50N2O/c1-25(2)12-8-13-26(3)14-9-15-27(4)16-10-17-28(5)18-11-19-29(6)24-30(33)32-22-20-31(7)21-23-32/h12,14,16,18,24H,8-11,13,15,17,19-23H2,1-7H3/b26-14+,27-16+,28-18+,29-24+. The smallest absolute Gasteiger partial charge is 0.246 e. The fraction of sp³-hybridized carbons (Fsp3) is 0.633. The molecule has 33 heavy (non-hydrogen) atoms. The zero-order valence-corrected chi connectivity index (χ0v) is 22.7. The first-order valence-corrected chi connectivity index (χ1v) is 12.9. The van der Waals surface area contributed by atoms with Crippen LogP contribution in [0, 0.1) is 0 Å². The number of nitrogens with zero attached hydrogens (tertiary/aromatic N) is 2. The van der Waals surface area contributed by atoms with E-state index < -0.39 is 0 Å². The molecule has 0 radical (unpaired) electrons. The van der Waals surface area contributed by atoms with Gasteiger partial charge in [-0.2, -0.15) is 0 Å². The van der Waals surface area contributed by atoms with E-state index in [-0.39, 0.29) is 5.91 Å². The first-order valence-electron chi connectivity index (χ1n) is 12.9. The zero-order valence-electron chi connectivity index (χ0n) is 22.7. The van der Waals surface area contributed by atoms with E-state index in [1.807, 2.05) is 11.0 Å². The summed E-state index contributed by atoms with van der Waals surface area (Å²) in [5.74, 6) is 0.180. The van der Waals surface area contributed by atoms with Crippen LogP contribution in [0.2, 0.25) is 0 Å². The molecule has 1 fully saturated rings. The van der Waals surface area contributed by atoms with Crippen LogP contribution < -0.4 is 0 Å². The van der Waals surface area contributed by atoms with Gasteiger partial charge in [-0.05, 0) is 100.0 Å². The van der Waals surface area contributed by atoms with Crippen molar-refractivity contribution in [2.75, 3.05) is 33.2 Å².